The maximum Gasteiger partial charge on any atom is 0.296 e. The monoisotopic (exact) mass is 436 g/mol. The number of pyridine rings is 1. The van der Waals surface area contributed by atoms with E-state index in [1.807, 2.05) is 13.0 Å². The van der Waals surface area contributed by atoms with Crippen molar-refractivity contribution in [2.24, 2.45) is 0 Å². The number of anilines is 1. The molecule has 1 aliphatic heterocycles. The number of nitrogens with zero attached hydrogens (tertiary/aromatic N) is 2. The highest BCUT2D eigenvalue weighted by molar-refractivity contribution is 6.42. The van der Waals surface area contributed by atoms with E-state index in [0.29, 0.717) is 32.4 Å². The maximum atomic E-state index is 13.5. The van der Waals surface area contributed by atoms with Gasteiger partial charge in [-0.15, -0.1) is 0 Å². The Balaban J connectivity index is 1.84. The van der Waals surface area contributed by atoms with Crippen LogP contribution in [0.4, 0.5) is 5.82 Å². The molecule has 0 unspecified atom stereocenters. The van der Waals surface area contributed by atoms with Crippen molar-refractivity contribution in [3.8, 4) is 0 Å². The summed E-state index contributed by atoms with van der Waals surface area (Å²) in [5, 5.41) is 1.14. The summed E-state index contributed by atoms with van der Waals surface area (Å²) < 4.78 is 5.93. The molecule has 0 saturated carbocycles. The number of halogens is 2. The summed E-state index contributed by atoms with van der Waals surface area (Å²) in [6, 6.07) is 14.9. The van der Waals surface area contributed by atoms with Crippen LogP contribution in [0.3, 0.4) is 0 Å². The predicted molar refractivity (Wildman–Crippen MR) is 117 cm³/mol. The van der Waals surface area contributed by atoms with Gasteiger partial charge in [-0.25, -0.2) is 4.98 Å². The lowest BCUT2D eigenvalue weighted by Gasteiger charge is -2.24. The van der Waals surface area contributed by atoms with Crippen molar-refractivity contribution < 1.29 is 9.21 Å². The molecule has 0 fully saturated rings. The molecular formula is C23H14Cl2N2O3. The molecule has 3 heterocycles. The summed E-state index contributed by atoms with van der Waals surface area (Å²) in [7, 11) is 0. The highest BCUT2D eigenvalue weighted by atomic mass is 35.5. The molecule has 2 aromatic carbocycles. The van der Waals surface area contributed by atoms with Crippen LogP contribution >= 0.6 is 23.2 Å². The molecule has 0 N–H and O–H groups in total. The molecule has 148 valence electrons. The van der Waals surface area contributed by atoms with Crippen molar-refractivity contribution in [3.63, 3.8) is 0 Å². The van der Waals surface area contributed by atoms with Crippen molar-refractivity contribution in [2.45, 2.75) is 13.0 Å². The van der Waals surface area contributed by atoms with Gasteiger partial charge in [-0.05, 0) is 48.9 Å². The first-order chi connectivity index (χ1) is 14.5. The van der Waals surface area contributed by atoms with E-state index in [4.69, 9.17) is 27.6 Å². The van der Waals surface area contributed by atoms with Crippen LogP contribution in [0.15, 0.2) is 70.0 Å². The van der Waals surface area contributed by atoms with Gasteiger partial charge < -0.3 is 4.42 Å². The van der Waals surface area contributed by atoms with E-state index in [1.54, 1.807) is 54.7 Å². The Hall–Kier alpha value is -3.15. The topological polar surface area (TPSA) is 63.4 Å². The van der Waals surface area contributed by atoms with E-state index in [-0.39, 0.29) is 16.8 Å². The second-order valence-corrected chi connectivity index (χ2v) is 7.93. The van der Waals surface area contributed by atoms with Crippen LogP contribution in [0, 0.1) is 6.92 Å². The van der Waals surface area contributed by atoms with Gasteiger partial charge in [0.1, 0.15) is 11.4 Å². The number of amides is 1. The molecule has 0 saturated heterocycles. The minimum atomic E-state index is -0.738. The SMILES string of the molecule is Cc1ccc2oc3c(c(=O)c2c1)[C@H](c1ccc(Cl)c(Cl)c1)N(c1ccccn1)C3=O. The molecule has 0 bridgehead atoms. The van der Waals surface area contributed by atoms with Gasteiger partial charge in [0.15, 0.2) is 5.43 Å². The molecule has 2 aromatic heterocycles. The fourth-order valence-electron chi connectivity index (χ4n) is 3.82. The number of fused-ring (bicyclic) bond motifs is 2. The Bertz CT molecular complexity index is 1380. The first-order valence-electron chi connectivity index (χ1n) is 9.22. The Kier molecular flexibility index (Phi) is 4.38. The number of rotatable bonds is 2. The average Bonchev–Trinajstić information content (AvgIpc) is 3.04. The number of benzene rings is 2. The molecule has 5 nitrogen and oxygen atoms in total. The average molecular weight is 437 g/mol. The summed E-state index contributed by atoms with van der Waals surface area (Å²) >= 11 is 12.3. The fourth-order valence-corrected chi connectivity index (χ4v) is 4.12. The van der Waals surface area contributed by atoms with Gasteiger partial charge in [0.05, 0.1) is 27.0 Å². The Labute approximate surface area is 181 Å². The third kappa shape index (κ3) is 2.82. The summed E-state index contributed by atoms with van der Waals surface area (Å²) in [6.45, 7) is 1.90. The predicted octanol–water partition coefficient (Wildman–Crippen LogP) is 5.55. The molecule has 0 spiro atoms. The number of hydrogen-bond acceptors (Lipinski definition) is 4. The van der Waals surface area contributed by atoms with Crippen LogP contribution < -0.4 is 10.3 Å². The van der Waals surface area contributed by atoms with Crippen LogP contribution in [-0.4, -0.2) is 10.9 Å². The molecule has 4 aromatic rings. The lowest BCUT2D eigenvalue weighted by atomic mass is 9.98. The zero-order chi connectivity index (χ0) is 21.0. The van der Waals surface area contributed by atoms with Crippen molar-refractivity contribution >= 4 is 45.9 Å². The standard InChI is InChI=1S/C23H14Cl2N2O3/c1-12-5-8-17-14(10-12)21(28)19-20(13-6-7-15(24)16(25)11-13)27(23(29)22(19)30-17)18-4-2-3-9-26-18/h2-11,20H,1H3/t20-/m0/s1. The number of carbonyl (C=O) groups is 1. The number of hydrogen-bond donors (Lipinski definition) is 0. The van der Waals surface area contributed by atoms with Gasteiger partial charge in [0.2, 0.25) is 5.76 Å². The Morgan fingerprint density at radius 2 is 1.83 bits per heavy atom. The first kappa shape index (κ1) is 18.9. The van der Waals surface area contributed by atoms with Gasteiger partial charge >= 0.3 is 0 Å². The minimum Gasteiger partial charge on any atom is -0.450 e. The van der Waals surface area contributed by atoms with Crippen LogP contribution in [0.2, 0.25) is 10.0 Å². The van der Waals surface area contributed by atoms with Gasteiger partial charge in [-0.1, -0.05) is 47.0 Å². The lowest BCUT2D eigenvalue weighted by molar-refractivity contribution is 0.0970. The molecule has 1 amide bonds. The second-order valence-electron chi connectivity index (χ2n) is 7.11. The number of carbonyl (C=O) groups excluding carboxylic acids is 1. The summed E-state index contributed by atoms with van der Waals surface area (Å²) in [4.78, 5) is 32.7. The van der Waals surface area contributed by atoms with E-state index in [2.05, 4.69) is 4.98 Å². The van der Waals surface area contributed by atoms with Crippen molar-refractivity contribution in [3.05, 3.63) is 104 Å². The second kappa shape index (κ2) is 6.97. The van der Waals surface area contributed by atoms with Gasteiger partial charge in [-0.3, -0.25) is 14.5 Å². The zero-order valence-corrected chi connectivity index (χ0v) is 17.2. The molecule has 30 heavy (non-hydrogen) atoms. The summed E-state index contributed by atoms with van der Waals surface area (Å²) in [5.74, 6) is -0.0120. The van der Waals surface area contributed by atoms with E-state index in [9.17, 15) is 9.59 Å². The molecule has 1 aliphatic rings. The number of aryl methyl sites for hydroxylation is 1. The van der Waals surface area contributed by atoms with E-state index in [0.717, 1.165) is 5.56 Å². The molecule has 0 aliphatic carbocycles. The van der Waals surface area contributed by atoms with Crippen molar-refractivity contribution in [1.29, 1.82) is 0 Å². The van der Waals surface area contributed by atoms with Crippen molar-refractivity contribution in [2.75, 3.05) is 4.90 Å². The smallest absolute Gasteiger partial charge is 0.296 e. The Morgan fingerprint density at radius 1 is 1.00 bits per heavy atom. The molecular weight excluding hydrogens is 423 g/mol. The third-order valence-electron chi connectivity index (χ3n) is 5.18. The Morgan fingerprint density at radius 3 is 2.57 bits per heavy atom. The quantitative estimate of drug-likeness (QED) is 0.412. The zero-order valence-electron chi connectivity index (χ0n) is 15.7. The molecule has 7 heteroatoms. The molecule has 0 radical (unpaired) electrons. The van der Waals surface area contributed by atoms with Gasteiger partial charge in [0.25, 0.3) is 5.91 Å². The highest BCUT2D eigenvalue weighted by Crippen LogP contribution is 2.41. The summed E-state index contributed by atoms with van der Waals surface area (Å²) in [5.41, 5.74) is 1.95. The molecule has 1 atom stereocenters. The van der Waals surface area contributed by atoms with Gasteiger partial charge in [-0.2, -0.15) is 0 Å². The minimum absolute atomic E-state index is 0.0121. The van der Waals surface area contributed by atoms with Crippen LogP contribution in [0.25, 0.3) is 11.0 Å². The third-order valence-corrected chi connectivity index (χ3v) is 5.92. The maximum absolute atomic E-state index is 13.5. The van der Waals surface area contributed by atoms with Crippen molar-refractivity contribution in [1.82, 2.24) is 4.98 Å². The van der Waals surface area contributed by atoms with E-state index < -0.39 is 11.9 Å². The van der Waals surface area contributed by atoms with E-state index in [1.165, 1.54) is 4.90 Å². The fraction of sp³-hybridized carbons (Fsp3) is 0.0870. The summed E-state index contributed by atoms with van der Waals surface area (Å²) in [6.07, 6.45) is 1.59. The van der Waals surface area contributed by atoms with Crippen LogP contribution in [0.5, 0.6) is 0 Å². The highest BCUT2D eigenvalue weighted by Gasteiger charge is 2.44. The normalized spacial score (nSPS) is 15.6. The molecule has 5 rings (SSSR count). The lowest BCUT2D eigenvalue weighted by Crippen LogP contribution is -2.30. The largest absolute Gasteiger partial charge is 0.450 e. The van der Waals surface area contributed by atoms with Gasteiger partial charge in [0, 0.05) is 6.20 Å². The van der Waals surface area contributed by atoms with Crippen LogP contribution in [0.1, 0.15) is 33.3 Å². The van der Waals surface area contributed by atoms with Crippen LogP contribution in [-0.2, 0) is 0 Å². The first-order valence-corrected chi connectivity index (χ1v) is 9.98. The number of aromatic nitrogens is 1. The van der Waals surface area contributed by atoms with E-state index >= 15 is 0 Å².